The quantitative estimate of drug-likeness (QED) is 0.357. The molecule has 0 aliphatic rings. The Kier molecular flexibility index (Phi) is 7.97. The van der Waals surface area contributed by atoms with Crippen LogP contribution in [0.4, 0.5) is 0 Å². The molecule has 21 heavy (non-hydrogen) atoms. The number of hydrogen-bond acceptors (Lipinski definition) is 2. The lowest BCUT2D eigenvalue weighted by molar-refractivity contribution is -0.139. The molecule has 0 amide bonds. The van der Waals surface area contributed by atoms with Gasteiger partial charge in [-0.05, 0) is 19.8 Å². The van der Waals surface area contributed by atoms with E-state index < -0.39 is 12.1 Å². The number of terminal acetylenes is 1. The highest BCUT2D eigenvalue weighted by molar-refractivity contribution is 5.88. The number of unbranched alkanes of at least 4 members (excludes halogenated alkanes) is 3. The number of carbonyl (C=O) groups excluding carboxylic acids is 1. The van der Waals surface area contributed by atoms with Crippen molar-refractivity contribution in [3.8, 4) is 36.0 Å². The second-order valence-corrected chi connectivity index (χ2v) is 4.30. The van der Waals surface area contributed by atoms with Crippen molar-refractivity contribution in [2.45, 2.75) is 38.7 Å². The molecule has 0 radical (unpaired) electrons. The molecule has 1 unspecified atom stereocenters. The van der Waals surface area contributed by atoms with E-state index in [9.17, 15) is 4.79 Å². The first-order valence-corrected chi connectivity index (χ1v) is 6.88. The summed E-state index contributed by atoms with van der Waals surface area (Å²) in [6.07, 6.45) is 8.03. The van der Waals surface area contributed by atoms with Gasteiger partial charge < -0.3 is 4.74 Å². The Morgan fingerprint density at radius 2 is 1.95 bits per heavy atom. The molecule has 106 valence electrons. The molecular weight excluding hydrogens is 260 g/mol. The van der Waals surface area contributed by atoms with Gasteiger partial charge in [0.25, 0.3) is 0 Å². The number of benzene rings is 1. The van der Waals surface area contributed by atoms with Crippen molar-refractivity contribution >= 4 is 5.97 Å². The van der Waals surface area contributed by atoms with Gasteiger partial charge in [0.05, 0.1) is 0 Å². The third-order valence-corrected chi connectivity index (χ3v) is 2.66. The Hall–Kier alpha value is -2.63. The van der Waals surface area contributed by atoms with Crippen LogP contribution in [0.25, 0.3) is 0 Å². The lowest BCUT2D eigenvalue weighted by Gasteiger charge is -2.10. The molecule has 0 bridgehead atoms. The number of esters is 1. The normalized spacial score (nSPS) is 10.1. The van der Waals surface area contributed by atoms with E-state index in [1.54, 1.807) is 6.92 Å². The summed E-state index contributed by atoms with van der Waals surface area (Å²) in [6, 6.07) is 9.43. The zero-order chi connectivity index (χ0) is 15.3. The van der Waals surface area contributed by atoms with Crippen LogP contribution in [0.1, 0.15) is 44.3 Å². The van der Waals surface area contributed by atoms with E-state index in [4.69, 9.17) is 11.2 Å². The fourth-order valence-corrected chi connectivity index (χ4v) is 1.65. The van der Waals surface area contributed by atoms with Crippen molar-refractivity contribution in [3.05, 3.63) is 35.9 Å². The molecule has 0 spiro atoms. The third-order valence-electron chi connectivity index (χ3n) is 2.66. The van der Waals surface area contributed by atoms with Gasteiger partial charge in [-0.1, -0.05) is 48.1 Å². The highest BCUT2D eigenvalue weighted by Gasteiger charge is 2.12. The molecule has 1 atom stereocenters. The first kappa shape index (κ1) is 16.4. The van der Waals surface area contributed by atoms with E-state index in [1.807, 2.05) is 30.3 Å². The van der Waals surface area contributed by atoms with Gasteiger partial charge in [-0.25, -0.2) is 4.79 Å². The predicted molar refractivity (Wildman–Crippen MR) is 83.8 cm³/mol. The molecule has 1 aromatic carbocycles. The minimum absolute atomic E-state index is 0.562. The first-order valence-electron chi connectivity index (χ1n) is 6.88. The Bertz CT molecular complexity index is 600. The molecule has 1 rings (SSSR count). The molecule has 0 saturated heterocycles. The predicted octanol–water partition coefficient (Wildman–Crippen LogP) is 3.49. The second kappa shape index (κ2) is 10.2. The number of ether oxygens (including phenoxy) is 1. The molecule has 0 aliphatic carbocycles. The van der Waals surface area contributed by atoms with Crippen LogP contribution in [0.3, 0.4) is 0 Å². The van der Waals surface area contributed by atoms with Crippen molar-refractivity contribution in [2.24, 2.45) is 0 Å². The van der Waals surface area contributed by atoms with Crippen molar-refractivity contribution in [1.82, 2.24) is 0 Å². The van der Waals surface area contributed by atoms with Gasteiger partial charge in [-0.3, -0.25) is 0 Å². The van der Waals surface area contributed by atoms with Gasteiger partial charge >= 0.3 is 5.97 Å². The molecule has 0 aliphatic heterocycles. The molecule has 0 saturated carbocycles. The zero-order valence-electron chi connectivity index (χ0n) is 12.2. The van der Waals surface area contributed by atoms with Gasteiger partial charge in [-0.15, -0.1) is 12.3 Å². The Labute approximate surface area is 126 Å². The van der Waals surface area contributed by atoms with Crippen molar-refractivity contribution in [3.63, 3.8) is 0 Å². The molecule has 0 aromatic heterocycles. The van der Waals surface area contributed by atoms with Crippen LogP contribution in [-0.4, -0.2) is 5.97 Å². The van der Waals surface area contributed by atoms with Crippen LogP contribution >= 0.6 is 0 Å². The zero-order valence-corrected chi connectivity index (χ0v) is 12.2. The average molecular weight is 278 g/mol. The number of rotatable bonds is 5. The summed E-state index contributed by atoms with van der Waals surface area (Å²) in [6.45, 7) is 1.59. The molecule has 0 heterocycles. The standard InChI is InChI=1S/C19H18O2/c1-3-5-6-7-8-12-16-18(21-19(20)13-4-2)17-14-10-9-11-15-17/h1,9-11,14-15,18H,5-8H2,2H3. The van der Waals surface area contributed by atoms with E-state index in [1.165, 1.54) is 0 Å². The lowest BCUT2D eigenvalue weighted by Crippen LogP contribution is -2.08. The average Bonchev–Trinajstić information content (AvgIpc) is 2.50. The Morgan fingerprint density at radius 1 is 1.24 bits per heavy atom. The van der Waals surface area contributed by atoms with Crippen LogP contribution < -0.4 is 0 Å². The third kappa shape index (κ3) is 6.91. The number of carbonyl (C=O) groups is 1. The number of hydrogen-bond donors (Lipinski definition) is 0. The minimum atomic E-state index is -0.577. The van der Waals surface area contributed by atoms with Crippen molar-refractivity contribution < 1.29 is 9.53 Å². The lowest BCUT2D eigenvalue weighted by atomic mass is 10.1. The van der Waals surface area contributed by atoms with E-state index in [0.29, 0.717) is 0 Å². The Morgan fingerprint density at radius 3 is 2.62 bits per heavy atom. The van der Waals surface area contributed by atoms with Gasteiger partial charge in [0.2, 0.25) is 0 Å². The molecule has 0 N–H and O–H groups in total. The minimum Gasteiger partial charge on any atom is -0.435 e. The smallest absolute Gasteiger partial charge is 0.385 e. The van der Waals surface area contributed by atoms with E-state index in [2.05, 4.69) is 29.6 Å². The van der Waals surface area contributed by atoms with Crippen molar-refractivity contribution in [1.29, 1.82) is 0 Å². The summed E-state index contributed by atoms with van der Waals surface area (Å²) in [7, 11) is 0. The van der Waals surface area contributed by atoms with Crippen LogP contribution in [0.2, 0.25) is 0 Å². The van der Waals surface area contributed by atoms with Crippen molar-refractivity contribution in [2.75, 3.05) is 0 Å². The monoisotopic (exact) mass is 278 g/mol. The first-order chi connectivity index (χ1) is 10.3. The van der Waals surface area contributed by atoms with Crippen LogP contribution in [-0.2, 0) is 9.53 Å². The van der Waals surface area contributed by atoms with Crippen LogP contribution in [0.5, 0.6) is 0 Å². The fraction of sp³-hybridized carbons (Fsp3) is 0.316. The Balaban J connectivity index is 2.69. The molecule has 2 heteroatoms. The van der Waals surface area contributed by atoms with E-state index in [0.717, 1.165) is 31.2 Å². The van der Waals surface area contributed by atoms with Gasteiger partial charge in [0, 0.05) is 24.3 Å². The highest BCUT2D eigenvalue weighted by Crippen LogP contribution is 2.16. The van der Waals surface area contributed by atoms with E-state index in [-0.39, 0.29) is 0 Å². The summed E-state index contributed by atoms with van der Waals surface area (Å²) in [5.74, 6) is 13.0. The summed E-state index contributed by atoms with van der Waals surface area (Å²) in [5, 5.41) is 0. The maximum absolute atomic E-state index is 11.5. The maximum atomic E-state index is 11.5. The summed E-state index contributed by atoms with van der Waals surface area (Å²) in [5.41, 5.74) is 0.847. The van der Waals surface area contributed by atoms with E-state index >= 15 is 0 Å². The second-order valence-electron chi connectivity index (χ2n) is 4.30. The molecule has 1 aromatic rings. The summed E-state index contributed by atoms with van der Waals surface area (Å²) in [4.78, 5) is 11.5. The molecule has 2 nitrogen and oxygen atoms in total. The largest absolute Gasteiger partial charge is 0.435 e. The fourth-order valence-electron chi connectivity index (χ4n) is 1.65. The van der Waals surface area contributed by atoms with Crippen LogP contribution in [0, 0.1) is 36.0 Å². The van der Waals surface area contributed by atoms with Crippen LogP contribution in [0.15, 0.2) is 30.3 Å². The van der Waals surface area contributed by atoms with Gasteiger partial charge in [-0.2, -0.15) is 0 Å². The van der Waals surface area contributed by atoms with Gasteiger partial charge in [0.15, 0.2) is 6.10 Å². The molecule has 0 fully saturated rings. The van der Waals surface area contributed by atoms with Gasteiger partial charge in [0.1, 0.15) is 0 Å². The SMILES string of the molecule is C#CCCCCC#CC(OC(=O)C#CC)c1ccccc1. The summed E-state index contributed by atoms with van der Waals surface area (Å²) >= 11 is 0. The summed E-state index contributed by atoms with van der Waals surface area (Å²) < 4.78 is 5.29. The maximum Gasteiger partial charge on any atom is 0.385 e. The molecular formula is C19H18O2. The topological polar surface area (TPSA) is 26.3 Å². The highest BCUT2D eigenvalue weighted by atomic mass is 16.5.